The molecule has 0 amide bonds. The number of β-amino-alcohol motifs (C(OH)–C–C–N with tert-alkyl or cyclic N) is 2. The topological polar surface area (TPSA) is 143 Å². The third kappa shape index (κ3) is 4.69. The molecule has 11 nitrogen and oxygen atoms in total. The smallest absolute Gasteiger partial charge is 0.434 e. The van der Waals surface area contributed by atoms with Gasteiger partial charge in [0.1, 0.15) is 29.1 Å². The molecule has 1 saturated carbocycles. The average molecular weight is 555 g/mol. The second kappa shape index (κ2) is 9.41. The molecule has 1 aliphatic carbocycles. The quantitative estimate of drug-likeness (QED) is 0.251. The molecule has 14 heteroatoms. The molecule has 1 aromatic carbocycles. The molecule has 2 aliphatic rings. The lowest BCUT2D eigenvalue weighted by atomic mass is 10.1. The van der Waals surface area contributed by atoms with Crippen LogP contribution >= 0.6 is 0 Å². The van der Waals surface area contributed by atoms with E-state index >= 15 is 0 Å². The fraction of sp³-hybridized carbons (Fsp3) is 0.346. The first kappa shape index (κ1) is 26.0. The summed E-state index contributed by atoms with van der Waals surface area (Å²) in [7, 11) is 2.99. The van der Waals surface area contributed by atoms with Crippen molar-refractivity contribution in [1.82, 2.24) is 29.5 Å². The molecule has 0 atom stereocenters. The van der Waals surface area contributed by atoms with Crippen molar-refractivity contribution in [2.75, 3.05) is 24.3 Å². The SMILES string of the molecule is COc1ncnc(C2CC2)c1-c1nc(NCc2ccc(-c3nc(C(F)(F)F)cn3C)cc2)c2c(n1)C(O)(O)CN2. The van der Waals surface area contributed by atoms with Gasteiger partial charge in [-0.15, -0.1) is 0 Å². The molecule has 0 bridgehead atoms. The van der Waals surface area contributed by atoms with Gasteiger partial charge >= 0.3 is 6.18 Å². The van der Waals surface area contributed by atoms with Crippen molar-refractivity contribution in [2.24, 2.45) is 7.05 Å². The Morgan fingerprint density at radius 3 is 2.52 bits per heavy atom. The highest BCUT2D eigenvalue weighted by molar-refractivity contribution is 5.76. The average Bonchev–Trinajstić information content (AvgIpc) is 3.63. The van der Waals surface area contributed by atoms with Gasteiger partial charge in [0.05, 0.1) is 19.3 Å². The number of alkyl halides is 3. The zero-order chi connectivity index (χ0) is 28.2. The minimum atomic E-state index is -4.53. The molecule has 208 valence electrons. The monoisotopic (exact) mass is 554 g/mol. The van der Waals surface area contributed by atoms with Gasteiger partial charge in [-0.1, -0.05) is 24.3 Å². The Morgan fingerprint density at radius 2 is 1.88 bits per heavy atom. The van der Waals surface area contributed by atoms with Crippen LogP contribution in [0.2, 0.25) is 0 Å². The summed E-state index contributed by atoms with van der Waals surface area (Å²) in [6, 6.07) is 6.91. The summed E-state index contributed by atoms with van der Waals surface area (Å²) < 4.78 is 46.0. The third-order valence-corrected chi connectivity index (χ3v) is 6.86. The van der Waals surface area contributed by atoms with Gasteiger partial charge < -0.3 is 30.2 Å². The van der Waals surface area contributed by atoms with E-state index in [9.17, 15) is 23.4 Å². The Balaban J connectivity index is 1.31. The van der Waals surface area contributed by atoms with Crippen molar-refractivity contribution in [1.29, 1.82) is 0 Å². The van der Waals surface area contributed by atoms with E-state index in [4.69, 9.17) is 9.72 Å². The van der Waals surface area contributed by atoms with Gasteiger partial charge in [-0.2, -0.15) is 13.2 Å². The van der Waals surface area contributed by atoms with Gasteiger partial charge in [-0.3, -0.25) is 0 Å². The summed E-state index contributed by atoms with van der Waals surface area (Å²) in [5, 5.41) is 27.4. The van der Waals surface area contributed by atoms with Gasteiger partial charge in [-0.05, 0) is 18.4 Å². The van der Waals surface area contributed by atoms with Crippen molar-refractivity contribution in [3.63, 3.8) is 0 Å². The molecule has 0 spiro atoms. The number of benzene rings is 1. The first-order valence-electron chi connectivity index (χ1n) is 12.5. The standard InChI is InChI=1S/C26H25F3N8O3/c1-37-10-16(26(27,28)29)34-23(37)15-5-3-13(4-6-15)9-30-22-19-20(25(38,39)11-31-19)35-21(36-22)17-18(14-7-8-14)32-12-33-24(17)40-2/h3-6,10,12,14,31,38-39H,7-9,11H2,1-2H3,(H,30,35,36). The molecule has 3 aromatic heterocycles. The van der Waals surface area contributed by atoms with Gasteiger partial charge in [0.2, 0.25) is 11.7 Å². The van der Waals surface area contributed by atoms with Crippen LogP contribution in [-0.4, -0.2) is 53.4 Å². The maximum absolute atomic E-state index is 13.1. The summed E-state index contributed by atoms with van der Waals surface area (Å²) in [5.74, 6) is -0.986. The number of nitrogens with one attached hydrogen (secondary N) is 2. The molecule has 1 aliphatic heterocycles. The van der Waals surface area contributed by atoms with Crippen LogP contribution in [0.25, 0.3) is 22.8 Å². The van der Waals surface area contributed by atoms with E-state index < -0.39 is 17.7 Å². The van der Waals surface area contributed by atoms with E-state index in [0.717, 1.165) is 30.3 Å². The molecular formula is C26H25F3N8O3. The number of methoxy groups -OCH3 is 1. The summed E-state index contributed by atoms with van der Waals surface area (Å²) in [5.41, 5.74) is 1.98. The lowest BCUT2D eigenvalue weighted by molar-refractivity contribution is -0.154. The fourth-order valence-corrected chi connectivity index (χ4v) is 4.70. The number of aryl methyl sites for hydroxylation is 1. The molecular weight excluding hydrogens is 529 g/mol. The Kier molecular flexibility index (Phi) is 6.11. The highest BCUT2D eigenvalue weighted by Crippen LogP contribution is 2.46. The number of nitrogens with zero attached hydrogens (tertiary/aromatic N) is 6. The van der Waals surface area contributed by atoms with Crippen LogP contribution in [-0.2, 0) is 25.6 Å². The predicted octanol–water partition coefficient (Wildman–Crippen LogP) is 3.41. The molecule has 6 rings (SSSR count). The van der Waals surface area contributed by atoms with Crippen LogP contribution in [0.1, 0.15) is 41.4 Å². The van der Waals surface area contributed by atoms with Crippen LogP contribution in [0.15, 0.2) is 36.8 Å². The normalized spacial score (nSPS) is 16.0. The van der Waals surface area contributed by atoms with E-state index in [0.29, 0.717) is 22.6 Å². The number of halogens is 3. The molecule has 0 radical (unpaired) electrons. The van der Waals surface area contributed by atoms with E-state index in [2.05, 4.69) is 30.6 Å². The van der Waals surface area contributed by atoms with Crippen LogP contribution in [0.3, 0.4) is 0 Å². The number of hydrogen-bond donors (Lipinski definition) is 4. The van der Waals surface area contributed by atoms with E-state index in [1.54, 1.807) is 24.3 Å². The molecule has 1 fully saturated rings. The molecule has 4 N–H and O–H groups in total. The second-order valence-electron chi connectivity index (χ2n) is 9.82. The summed E-state index contributed by atoms with van der Waals surface area (Å²) in [6.45, 7) is 0.103. The van der Waals surface area contributed by atoms with Gasteiger partial charge in [0.15, 0.2) is 17.3 Å². The van der Waals surface area contributed by atoms with E-state index in [-0.39, 0.29) is 42.2 Å². The molecule has 0 saturated heterocycles. The van der Waals surface area contributed by atoms with E-state index in [1.807, 2.05) is 0 Å². The number of aromatic nitrogens is 6. The number of hydrogen-bond acceptors (Lipinski definition) is 10. The van der Waals surface area contributed by atoms with E-state index in [1.165, 1.54) is 25.1 Å². The number of aliphatic hydroxyl groups is 2. The molecule has 4 heterocycles. The Labute approximate surface area is 226 Å². The van der Waals surface area contributed by atoms with Gasteiger partial charge in [-0.25, -0.2) is 24.9 Å². The van der Waals surface area contributed by atoms with Gasteiger partial charge in [0.25, 0.3) is 0 Å². The Bertz CT molecular complexity index is 1580. The summed E-state index contributed by atoms with van der Waals surface area (Å²) >= 11 is 0. The zero-order valence-electron chi connectivity index (χ0n) is 21.5. The number of anilines is 2. The van der Waals surface area contributed by atoms with Crippen molar-refractivity contribution in [2.45, 2.75) is 37.3 Å². The fourth-order valence-electron chi connectivity index (χ4n) is 4.70. The zero-order valence-corrected chi connectivity index (χ0v) is 21.5. The predicted molar refractivity (Wildman–Crippen MR) is 137 cm³/mol. The van der Waals surface area contributed by atoms with Crippen molar-refractivity contribution < 1.29 is 28.1 Å². The van der Waals surface area contributed by atoms with Crippen molar-refractivity contribution >= 4 is 11.5 Å². The van der Waals surface area contributed by atoms with Crippen LogP contribution in [0.4, 0.5) is 24.7 Å². The Hall–Kier alpha value is -4.30. The second-order valence-corrected chi connectivity index (χ2v) is 9.82. The third-order valence-electron chi connectivity index (χ3n) is 6.86. The Morgan fingerprint density at radius 1 is 1.12 bits per heavy atom. The highest BCUT2D eigenvalue weighted by Gasteiger charge is 2.40. The number of rotatable bonds is 7. The first-order chi connectivity index (χ1) is 19.0. The van der Waals surface area contributed by atoms with Crippen LogP contribution < -0.4 is 15.4 Å². The maximum atomic E-state index is 13.1. The van der Waals surface area contributed by atoms with Gasteiger partial charge in [0, 0.05) is 31.3 Å². The first-order valence-corrected chi connectivity index (χ1v) is 12.5. The minimum Gasteiger partial charge on any atom is -0.480 e. The molecule has 0 unspecified atom stereocenters. The molecule has 40 heavy (non-hydrogen) atoms. The van der Waals surface area contributed by atoms with Crippen molar-refractivity contribution in [3.8, 4) is 28.7 Å². The maximum Gasteiger partial charge on any atom is 0.434 e. The summed E-state index contributed by atoms with van der Waals surface area (Å²) in [6.07, 6.45) is -0.235. The van der Waals surface area contributed by atoms with Crippen LogP contribution in [0, 0.1) is 0 Å². The number of imidazole rings is 1. The van der Waals surface area contributed by atoms with Crippen molar-refractivity contribution in [3.05, 3.63) is 59.4 Å². The highest BCUT2D eigenvalue weighted by atomic mass is 19.4. The lowest BCUT2D eigenvalue weighted by Crippen LogP contribution is -2.28. The largest absolute Gasteiger partial charge is 0.480 e. The van der Waals surface area contributed by atoms with Crippen LogP contribution in [0.5, 0.6) is 5.88 Å². The minimum absolute atomic E-state index is 0.0123. The molecule has 4 aromatic rings. The number of ether oxygens (including phenoxy) is 1. The lowest BCUT2D eigenvalue weighted by Gasteiger charge is -2.17. The summed E-state index contributed by atoms with van der Waals surface area (Å²) in [4.78, 5) is 21.5. The number of fused-ring (bicyclic) bond motifs is 1.